The summed E-state index contributed by atoms with van der Waals surface area (Å²) in [5, 5.41) is 45.8. The van der Waals surface area contributed by atoms with Crippen molar-refractivity contribution in [2.45, 2.75) is 131 Å². The van der Waals surface area contributed by atoms with E-state index in [1.54, 1.807) is 12.1 Å². The maximum Gasteiger partial charge on any atom is 0.342 e. The highest BCUT2D eigenvalue weighted by Gasteiger charge is 2.33. The van der Waals surface area contributed by atoms with Crippen molar-refractivity contribution in [2.75, 3.05) is 13.2 Å². The molecule has 0 fully saturated rings. The van der Waals surface area contributed by atoms with Crippen molar-refractivity contribution in [3.8, 4) is 23.0 Å². The van der Waals surface area contributed by atoms with E-state index >= 15 is 0 Å². The lowest BCUT2D eigenvalue weighted by atomic mass is 9.74. The van der Waals surface area contributed by atoms with Gasteiger partial charge in [-0.25, -0.2) is 9.59 Å². The maximum atomic E-state index is 13.4. The van der Waals surface area contributed by atoms with Gasteiger partial charge in [0, 0.05) is 11.5 Å². The Kier molecular flexibility index (Phi) is 16.2. The number of rotatable bonds is 20. The van der Waals surface area contributed by atoms with Crippen LogP contribution in [0.1, 0.15) is 155 Å². The van der Waals surface area contributed by atoms with Crippen molar-refractivity contribution in [2.24, 2.45) is 11.8 Å². The Labute approximate surface area is 299 Å². The zero-order valence-corrected chi connectivity index (χ0v) is 31.0. The molecule has 0 amide bonds. The molecule has 1 unspecified atom stereocenters. The van der Waals surface area contributed by atoms with Crippen LogP contribution >= 0.6 is 0 Å². The molecule has 8 heteroatoms. The van der Waals surface area contributed by atoms with Crippen molar-refractivity contribution in [1.82, 2.24) is 0 Å². The average molecular weight is 693 g/mol. The fourth-order valence-corrected chi connectivity index (χ4v) is 7.04. The first-order valence-corrected chi connectivity index (χ1v) is 18.9. The van der Waals surface area contributed by atoms with Gasteiger partial charge in [-0.1, -0.05) is 97.3 Å². The van der Waals surface area contributed by atoms with Crippen molar-refractivity contribution >= 4 is 17.5 Å². The van der Waals surface area contributed by atoms with E-state index in [0.717, 1.165) is 56.9 Å². The number of allylic oxidation sites excluding steroid dienone is 3. The smallest absolute Gasteiger partial charge is 0.342 e. The first kappa shape index (κ1) is 40.5. The molecule has 1 aliphatic rings. The molecule has 0 saturated heterocycles. The molecule has 2 atom stereocenters. The first-order chi connectivity index (χ1) is 24.0. The van der Waals surface area contributed by atoms with Crippen LogP contribution in [0.25, 0.3) is 5.57 Å². The zero-order valence-electron chi connectivity index (χ0n) is 31.0. The summed E-state index contributed by atoms with van der Waals surface area (Å²) in [6, 6.07) is 3.11. The molecule has 3 rings (SSSR count). The molecular weight excluding hydrogens is 632 g/mol. The van der Waals surface area contributed by atoms with Crippen molar-refractivity contribution in [3.63, 3.8) is 0 Å². The van der Waals surface area contributed by atoms with E-state index < -0.39 is 11.9 Å². The first-order valence-electron chi connectivity index (χ1n) is 18.9. The third-order valence-corrected chi connectivity index (χ3v) is 9.70. The quantitative estimate of drug-likeness (QED) is 0.0612. The van der Waals surface area contributed by atoms with Gasteiger partial charge in [-0.15, -0.1) is 0 Å². The second kappa shape index (κ2) is 20.0. The summed E-state index contributed by atoms with van der Waals surface area (Å²) in [6.07, 6.45) is 13.4. The van der Waals surface area contributed by atoms with Crippen LogP contribution in [0.3, 0.4) is 0 Å². The molecule has 0 aromatic heterocycles. The van der Waals surface area contributed by atoms with Crippen LogP contribution in [0.15, 0.2) is 30.4 Å². The summed E-state index contributed by atoms with van der Waals surface area (Å²) in [7, 11) is 0. The minimum absolute atomic E-state index is 0.0679. The summed E-state index contributed by atoms with van der Waals surface area (Å²) in [6.45, 7) is 14.7. The Bertz CT molecular complexity index is 1500. The van der Waals surface area contributed by atoms with Gasteiger partial charge < -0.3 is 29.9 Å². The van der Waals surface area contributed by atoms with Crippen LogP contribution in [0.2, 0.25) is 0 Å². The molecular formula is C42H60O8. The van der Waals surface area contributed by atoms with Crippen LogP contribution in [0.5, 0.6) is 23.0 Å². The largest absolute Gasteiger partial charge is 0.508 e. The number of phenols is 4. The van der Waals surface area contributed by atoms with Crippen LogP contribution in [0.4, 0.5) is 0 Å². The summed E-state index contributed by atoms with van der Waals surface area (Å²) >= 11 is 0. The fraction of sp³-hybridized carbons (Fsp3) is 0.571. The minimum atomic E-state index is -0.615. The lowest BCUT2D eigenvalue weighted by Crippen LogP contribution is -2.18. The zero-order chi connectivity index (χ0) is 36.8. The van der Waals surface area contributed by atoms with E-state index in [2.05, 4.69) is 20.4 Å². The second-order valence-corrected chi connectivity index (χ2v) is 13.9. The SMILES string of the molecule is C=C(C)[C@@H]1CCC(Cc2c(O)cc(CCC)c(C(=O)OCCCCCC)c2O)C=C1c1c(O)cc(CCC)c(C(=O)OCCCCCC)c1O. The molecule has 276 valence electrons. The number of phenolic OH excluding ortho intramolecular Hbond substituents is 4. The van der Waals surface area contributed by atoms with Crippen LogP contribution in [0, 0.1) is 11.8 Å². The highest BCUT2D eigenvalue weighted by atomic mass is 16.5. The summed E-state index contributed by atoms with van der Waals surface area (Å²) in [4.78, 5) is 26.7. The number of carbonyl (C=O) groups is 2. The van der Waals surface area contributed by atoms with E-state index in [9.17, 15) is 30.0 Å². The number of hydrogen-bond donors (Lipinski definition) is 4. The van der Waals surface area contributed by atoms with Gasteiger partial charge in [0.2, 0.25) is 0 Å². The number of ether oxygens (including phenoxy) is 2. The third-order valence-electron chi connectivity index (χ3n) is 9.70. The molecule has 0 radical (unpaired) electrons. The molecule has 0 saturated carbocycles. The molecule has 50 heavy (non-hydrogen) atoms. The molecule has 0 bridgehead atoms. The fourth-order valence-electron chi connectivity index (χ4n) is 7.04. The Hall–Kier alpha value is -3.94. The third kappa shape index (κ3) is 10.3. The Morgan fingerprint density at radius 3 is 1.74 bits per heavy atom. The monoisotopic (exact) mass is 692 g/mol. The number of benzene rings is 2. The molecule has 0 heterocycles. The van der Waals surface area contributed by atoms with Crippen LogP contribution < -0.4 is 0 Å². The maximum absolute atomic E-state index is 13.4. The van der Waals surface area contributed by atoms with Gasteiger partial charge in [-0.05, 0) is 86.6 Å². The average Bonchev–Trinajstić information content (AvgIpc) is 3.06. The molecule has 1 aliphatic carbocycles. The minimum Gasteiger partial charge on any atom is -0.508 e. The number of aromatic hydroxyl groups is 4. The number of unbranched alkanes of at least 4 members (excludes halogenated alkanes) is 6. The Morgan fingerprint density at radius 2 is 1.24 bits per heavy atom. The molecule has 0 aliphatic heterocycles. The molecule has 2 aromatic carbocycles. The standard InChI is InChI=1S/C42H60O8/c1-7-11-13-15-21-49-41(47)36-29(17-9-3)25-34(43)33(39(36)45)24-28-19-20-31(27(5)6)32(23-28)38-35(44)26-30(18-10-4)37(40(38)46)42(48)50-22-16-14-12-8-2/h23,25-26,28,31,43-46H,5,7-22,24H2,1-4,6H3/t28?,31-/m0/s1. The molecule has 0 spiro atoms. The van der Waals surface area contributed by atoms with Gasteiger partial charge in [-0.2, -0.15) is 0 Å². The predicted octanol–water partition coefficient (Wildman–Crippen LogP) is 10.1. The van der Waals surface area contributed by atoms with E-state index in [4.69, 9.17) is 9.47 Å². The van der Waals surface area contributed by atoms with Crippen LogP contribution in [-0.4, -0.2) is 45.6 Å². The topological polar surface area (TPSA) is 134 Å². The lowest BCUT2D eigenvalue weighted by molar-refractivity contribution is 0.0483. The Balaban J connectivity index is 2.04. The summed E-state index contributed by atoms with van der Waals surface area (Å²) < 4.78 is 11.2. The number of carbonyl (C=O) groups excluding carboxylic acids is 2. The number of hydrogen-bond acceptors (Lipinski definition) is 8. The second-order valence-electron chi connectivity index (χ2n) is 13.9. The number of esters is 2. The van der Waals surface area contributed by atoms with Crippen molar-refractivity contribution in [3.05, 3.63) is 63.7 Å². The van der Waals surface area contributed by atoms with Crippen molar-refractivity contribution in [1.29, 1.82) is 0 Å². The van der Waals surface area contributed by atoms with Gasteiger partial charge in [0.15, 0.2) is 0 Å². The predicted molar refractivity (Wildman–Crippen MR) is 199 cm³/mol. The normalized spacial score (nSPS) is 15.8. The number of aryl methyl sites for hydroxylation is 2. The van der Waals surface area contributed by atoms with Crippen molar-refractivity contribution < 1.29 is 39.5 Å². The van der Waals surface area contributed by atoms with Gasteiger partial charge in [0.1, 0.15) is 34.1 Å². The highest BCUT2D eigenvalue weighted by Crippen LogP contribution is 2.48. The lowest BCUT2D eigenvalue weighted by Gasteiger charge is -2.31. The van der Waals surface area contributed by atoms with Gasteiger partial charge >= 0.3 is 11.9 Å². The molecule has 4 N–H and O–H groups in total. The van der Waals surface area contributed by atoms with E-state index in [1.165, 1.54) is 0 Å². The molecule has 8 nitrogen and oxygen atoms in total. The summed E-state index contributed by atoms with van der Waals surface area (Å²) in [5.41, 5.74) is 3.10. The van der Waals surface area contributed by atoms with Gasteiger partial charge in [0.25, 0.3) is 0 Å². The Morgan fingerprint density at radius 1 is 0.720 bits per heavy atom. The van der Waals surface area contributed by atoms with Crippen LogP contribution in [-0.2, 0) is 28.7 Å². The van der Waals surface area contributed by atoms with E-state index in [1.807, 2.05) is 26.8 Å². The molecule has 2 aromatic rings. The highest BCUT2D eigenvalue weighted by molar-refractivity contribution is 5.98. The summed E-state index contributed by atoms with van der Waals surface area (Å²) in [5.74, 6) is -2.50. The van der Waals surface area contributed by atoms with E-state index in [0.29, 0.717) is 55.2 Å². The van der Waals surface area contributed by atoms with Gasteiger partial charge in [0.05, 0.1) is 18.8 Å². The van der Waals surface area contributed by atoms with Gasteiger partial charge in [-0.3, -0.25) is 0 Å². The van der Waals surface area contributed by atoms with E-state index in [-0.39, 0.29) is 76.7 Å².